The number of amides is 1. The van der Waals surface area contributed by atoms with Crippen LogP contribution in [0.15, 0.2) is 0 Å². The van der Waals surface area contributed by atoms with Crippen LogP contribution in [0, 0.1) is 23.2 Å². The second-order valence-corrected chi connectivity index (χ2v) is 6.13. The Bertz CT molecular complexity index is 347. The van der Waals surface area contributed by atoms with Gasteiger partial charge in [0.2, 0.25) is 5.91 Å². The summed E-state index contributed by atoms with van der Waals surface area (Å²) in [5.74, 6) is -1.03. The molecule has 2 aliphatic carbocycles. The molecule has 1 N–H and O–H groups in total. The van der Waals surface area contributed by atoms with Crippen molar-refractivity contribution in [2.75, 3.05) is 13.6 Å². The first-order chi connectivity index (χ1) is 7.85. The molecule has 2 rings (SSSR count). The lowest BCUT2D eigenvalue weighted by atomic mass is 9.85. The zero-order chi connectivity index (χ0) is 12.8. The van der Waals surface area contributed by atoms with Gasteiger partial charge in [0.05, 0.1) is 11.8 Å². The molecular formula is C13H21NO3. The van der Waals surface area contributed by atoms with Crippen molar-refractivity contribution in [3.8, 4) is 0 Å². The monoisotopic (exact) mass is 239 g/mol. The zero-order valence-corrected chi connectivity index (χ0v) is 10.8. The molecule has 2 unspecified atom stereocenters. The van der Waals surface area contributed by atoms with E-state index < -0.39 is 11.9 Å². The lowest BCUT2D eigenvalue weighted by molar-refractivity contribution is -0.142. The molecule has 1 amide bonds. The summed E-state index contributed by atoms with van der Waals surface area (Å²) in [4.78, 5) is 24.9. The van der Waals surface area contributed by atoms with Crippen LogP contribution in [-0.4, -0.2) is 35.5 Å². The fraction of sp³-hybridized carbons (Fsp3) is 0.846. The van der Waals surface area contributed by atoms with Gasteiger partial charge in [0.15, 0.2) is 0 Å². The van der Waals surface area contributed by atoms with Gasteiger partial charge in [0, 0.05) is 13.6 Å². The van der Waals surface area contributed by atoms with Crippen molar-refractivity contribution in [1.82, 2.24) is 4.90 Å². The maximum Gasteiger partial charge on any atom is 0.307 e. The van der Waals surface area contributed by atoms with Crippen LogP contribution in [0.2, 0.25) is 0 Å². The number of aliphatic carboxylic acids is 1. The molecule has 0 bridgehead atoms. The molecular weight excluding hydrogens is 218 g/mol. The Morgan fingerprint density at radius 2 is 1.88 bits per heavy atom. The largest absolute Gasteiger partial charge is 0.481 e. The topological polar surface area (TPSA) is 57.6 Å². The molecule has 0 aliphatic heterocycles. The minimum absolute atomic E-state index is 0.00861. The second-order valence-electron chi connectivity index (χ2n) is 6.13. The summed E-state index contributed by atoms with van der Waals surface area (Å²) in [7, 11) is 1.80. The molecule has 96 valence electrons. The third kappa shape index (κ3) is 2.05. The normalized spacial score (nSPS) is 30.5. The number of rotatable bonds is 4. The fourth-order valence-corrected chi connectivity index (χ4v) is 2.95. The van der Waals surface area contributed by atoms with Gasteiger partial charge in [0.25, 0.3) is 0 Å². The molecule has 0 radical (unpaired) electrons. The van der Waals surface area contributed by atoms with Gasteiger partial charge in [0.1, 0.15) is 0 Å². The van der Waals surface area contributed by atoms with Crippen molar-refractivity contribution in [1.29, 1.82) is 0 Å². The lowest BCUT2D eigenvalue weighted by Gasteiger charge is -2.30. The summed E-state index contributed by atoms with van der Waals surface area (Å²) in [5, 5.41) is 9.06. The van der Waals surface area contributed by atoms with Gasteiger partial charge in [-0.05, 0) is 24.2 Å². The first-order valence-corrected chi connectivity index (χ1v) is 6.33. The third-order valence-corrected chi connectivity index (χ3v) is 4.49. The summed E-state index contributed by atoms with van der Waals surface area (Å²) in [6.45, 7) is 4.52. The maximum absolute atomic E-state index is 12.2. The van der Waals surface area contributed by atoms with E-state index in [9.17, 15) is 9.59 Å². The summed E-state index contributed by atoms with van der Waals surface area (Å²) in [6.07, 6.45) is 3.67. The Balaban J connectivity index is 1.93. The van der Waals surface area contributed by atoms with Crippen LogP contribution in [0.4, 0.5) is 0 Å². The predicted octanol–water partition coefficient (Wildman–Crippen LogP) is 1.60. The molecule has 0 aromatic rings. The molecule has 2 saturated carbocycles. The minimum atomic E-state index is -0.842. The van der Waals surface area contributed by atoms with E-state index in [1.165, 1.54) is 19.3 Å². The van der Waals surface area contributed by atoms with E-state index in [1.54, 1.807) is 11.9 Å². The Kier molecular flexibility index (Phi) is 2.92. The quantitative estimate of drug-likeness (QED) is 0.810. The highest BCUT2D eigenvalue weighted by molar-refractivity contribution is 5.91. The standard InChI is InChI=1S/C13H21NO3/c1-13(2)9(10(13)12(16)17)11(15)14(3)7-8-5-4-6-8/h8-10H,4-7H2,1-3H3,(H,16,17). The summed E-state index contributed by atoms with van der Waals surface area (Å²) >= 11 is 0. The van der Waals surface area contributed by atoms with E-state index in [0.29, 0.717) is 5.92 Å². The van der Waals surface area contributed by atoms with Gasteiger partial charge in [-0.25, -0.2) is 0 Å². The average molecular weight is 239 g/mol. The number of nitrogens with zero attached hydrogens (tertiary/aromatic N) is 1. The van der Waals surface area contributed by atoms with Crippen molar-refractivity contribution in [3.63, 3.8) is 0 Å². The van der Waals surface area contributed by atoms with Crippen LogP contribution in [0.25, 0.3) is 0 Å². The highest BCUT2D eigenvalue weighted by atomic mass is 16.4. The molecule has 4 heteroatoms. The molecule has 2 atom stereocenters. The number of carbonyl (C=O) groups excluding carboxylic acids is 1. The molecule has 17 heavy (non-hydrogen) atoms. The van der Waals surface area contributed by atoms with Crippen LogP contribution in [0.3, 0.4) is 0 Å². The Hall–Kier alpha value is -1.06. The molecule has 0 spiro atoms. The van der Waals surface area contributed by atoms with Crippen LogP contribution in [0.1, 0.15) is 33.1 Å². The minimum Gasteiger partial charge on any atom is -0.481 e. The van der Waals surface area contributed by atoms with Crippen molar-refractivity contribution in [2.24, 2.45) is 23.2 Å². The first kappa shape index (κ1) is 12.4. The Morgan fingerprint density at radius 3 is 2.24 bits per heavy atom. The summed E-state index contributed by atoms with van der Waals surface area (Å²) in [5.41, 5.74) is -0.378. The molecule has 2 fully saturated rings. The third-order valence-electron chi connectivity index (χ3n) is 4.49. The highest BCUT2D eigenvalue weighted by Gasteiger charge is 2.66. The number of carboxylic acid groups (broad SMARTS) is 1. The van der Waals surface area contributed by atoms with Gasteiger partial charge in [-0.15, -0.1) is 0 Å². The van der Waals surface area contributed by atoms with Crippen LogP contribution < -0.4 is 0 Å². The van der Waals surface area contributed by atoms with Gasteiger partial charge in [-0.2, -0.15) is 0 Å². The van der Waals surface area contributed by atoms with Gasteiger partial charge < -0.3 is 10.0 Å². The van der Waals surface area contributed by atoms with Crippen molar-refractivity contribution in [2.45, 2.75) is 33.1 Å². The van der Waals surface area contributed by atoms with Crippen molar-refractivity contribution in [3.05, 3.63) is 0 Å². The second kappa shape index (κ2) is 4.00. The SMILES string of the molecule is CN(CC1CCC1)C(=O)C1C(C(=O)O)C1(C)C. The molecule has 0 aromatic heterocycles. The maximum atomic E-state index is 12.2. The average Bonchev–Trinajstić information content (AvgIpc) is 2.73. The van der Waals surface area contributed by atoms with E-state index in [2.05, 4.69) is 0 Å². The molecule has 4 nitrogen and oxygen atoms in total. The van der Waals surface area contributed by atoms with Crippen molar-refractivity contribution < 1.29 is 14.7 Å². The van der Waals surface area contributed by atoms with E-state index in [1.807, 2.05) is 13.8 Å². The first-order valence-electron chi connectivity index (χ1n) is 6.33. The van der Waals surface area contributed by atoms with E-state index in [4.69, 9.17) is 5.11 Å². The van der Waals surface area contributed by atoms with Gasteiger partial charge >= 0.3 is 5.97 Å². The van der Waals surface area contributed by atoms with Crippen LogP contribution in [0.5, 0.6) is 0 Å². The number of hydrogen-bond acceptors (Lipinski definition) is 2. The smallest absolute Gasteiger partial charge is 0.307 e. The van der Waals surface area contributed by atoms with E-state index in [0.717, 1.165) is 6.54 Å². The number of hydrogen-bond donors (Lipinski definition) is 1. The summed E-state index contributed by atoms with van der Waals surface area (Å²) < 4.78 is 0. The Labute approximate surface area is 102 Å². The van der Waals surface area contributed by atoms with Gasteiger partial charge in [-0.3, -0.25) is 9.59 Å². The Morgan fingerprint density at radius 1 is 1.29 bits per heavy atom. The molecule has 0 heterocycles. The number of carbonyl (C=O) groups is 2. The lowest BCUT2D eigenvalue weighted by Crippen LogP contribution is -2.36. The van der Waals surface area contributed by atoms with Crippen LogP contribution in [-0.2, 0) is 9.59 Å². The predicted molar refractivity (Wildman–Crippen MR) is 63.4 cm³/mol. The summed E-state index contributed by atoms with van der Waals surface area (Å²) in [6, 6.07) is 0. The molecule has 0 saturated heterocycles. The number of carboxylic acids is 1. The highest BCUT2D eigenvalue weighted by Crippen LogP contribution is 2.59. The van der Waals surface area contributed by atoms with E-state index in [-0.39, 0.29) is 17.2 Å². The van der Waals surface area contributed by atoms with E-state index >= 15 is 0 Å². The van der Waals surface area contributed by atoms with Gasteiger partial charge in [-0.1, -0.05) is 20.3 Å². The molecule has 0 aromatic carbocycles. The van der Waals surface area contributed by atoms with Crippen LogP contribution >= 0.6 is 0 Å². The zero-order valence-electron chi connectivity index (χ0n) is 10.8. The van der Waals surface area contributed by atoms with Crippen molar-refractivity contribution >= 4 is 11.9 Å². The molecule has 2 aliphatic rings. The fourth-order valence-electron chi connectivity index (χ4n) is 2.95.